The summed E-state index contributed by atoms with van der Waals surface area (Å²) in [5.74, 6) is -0.0619. The second-order valence-electron chi connectivity index (χ2n) is 4.01. The zero-order valence-corrected chi connectivity index (χ0v) is 9.87. The molecule has 0 spiro atoms. The van der Waals surface area contributed by atoms with Crippen LogP contribution in [0.4, 0.5) is 10.2 Å². The number of nitrogens with one attached hydrogen (secondary N) is 1. The van der Waals surface area contributed by atoms with Gasteiger partial charge in [-0.15, -0.1) is 0 Å². The Morgan fingerprint density at radius 1 is 1.44 bits per heavy atom. The highest BCUT2D eigenvalue weighted by Crippen LogP contribution is 2.16. The fraction of sp³-hybridized carbons (Fsp3) is 0.636. The molecule has 0 fully saturated rings. The minimum absolute atomic E-state index is 0.0530. The molecule has 1 aromatic heterocycles. The van der Waals surface area contributed by atoms with Crippen LogP contribution in [-0.2, 0) is 6.42 Å². The molecule has 90 valence electrons. The van der Waals surface area contributed by atoms with E-state index >= 15 is 0 Å². The molecule has 0 saturated carbocycles. The molecule has 0 aromatic carbocycles. The van der Waals surface area contributed by atoms with Gasteiger partial charge in [-0.1, -0.05) is 20.8 Å². The molecule has 0 aliphatic carbocycles. The third kappa shape index (κ3) is 2.88. The number of hydrogen-bond acceptors (Lipinski definition) is 4. The Balaban J connectivity index is 2.88. The number of halogens is 1. The van der Waals surface area contributed by atoms with Crippen molar-refractivity contribution in [2.75, 3.05) is 11.9 Å². The number of aliphatic hydroxyl groups excluding tert-OH is 1. The molecule has 0 amide bonds. The van der Waals surface area contributed by atoms with E-state index in [2.05, 4.69) is 15.3 Å². The normalized spacial score (nSPS) is 12.9. The summed E-state index contributed by atoms with van der Waals surface area (Å²) in [6.45, 7) is 5.69. The molecule has 1 atom stereocenters. The summed E-state index contributed by atoms with van der Waals surface area (Å²) >= 11 is 0. The molecule has 2 N–H and O–H groups in total. The van der Waals surface area contributed by atoms with Crippen molar-refractivity contribution in [2.24, 2.45) is 5.92 Å². The Bertz CT molecular complexity index is 344. The highest BCUT2D eigenvalue weighted by Gasteiger charge is 2.16. The van der Waals surface area contributed by atoms with Crippen molar-refractivity contribution in [3.63, 3.8) is 0 Å². The maximum atomic E-state index is 13.8. The predicted octanol–water partition coefficient (Wildman–Crippen LogP) is 1.61. The lowest BCUT2D eigenvalue weighted by Crippen LogP contribution is -2.30. The lowest BCUT2D eigenvalue weighted by molar-refractivity contribution is 0.248. The number of hydrogen-bond donors (Lipinski definition) is 2. The maximum Gasteiger partial charge on any atom is 0.186 e. The quantitative estimate of drug-likeness (QED) is 0.802. The van der Waals surface area contributed by atoms with Crippen molar-refractivity contribution in [2.45, 2.75) is 33.2 Å². The second-order valence-corrected chi connectivity index (χ2v) is 4.01. The van der Waals surface area contributed by atoms with Gasteiger partial charge in [0.05, 0.1) is 18.3 Å². The van der Waals surface area contributed by atoms with E-state index in [0.717, 1.165) is 0 Å². The smallest absolute Gasteiger partial charge is 0.186 e. The van der Waals surface area contributed by atoms with Crippen LogP contribution in [0.25, 0.3) is 0 Å². The van der Waals surface area contributed by atoms with Gasteiger partial charge in [-0.2, -0.15) is 0 Å². The number of aromatic nitrogens is 2. The van der Waals surface area contributed by atoms with Crippen LogP contribution in [0, 0.1) is 11.7 Å². The lowest BCUT2D eigenvalue weighted by Gasteiger charge is -2.20. The molecule has 0 radical (unpaired) electrons. The predicted molar refractivity (Wildman–Crippen MR) is 60.7 cm³/mol. The Labute approximate surface area is 94.9 Å². The molecular formula is C11H18FN3O. The summed E-state index contributed by atoms with van der Waals surface area (Å²) in [7, 11) is 0. The van der Waals surface area contributed by atoms with Crippen molar-refractivity contribution < 1.29 is 9.50 Å². The van der Waals surface area contributed by atoms with Crippen molar-refractivity contribution in [1.29, 1.82) is 0 Å². The van der Waals surface area contributed by atoms with Gasteiger partial charge in [0.1, 0.15) is 6.33 Å². The largest absolute Gasteiger partial charge is 0.394 e. The van der Waals surface area contributed by atoms with E-state index in [0.29, 0.717) is 12.1 Å². The van der Waals surface area contributed by atoms with Crippen molar-refractivity contribution in [3.05, 3.63) is 17.8 Å². The average molecular weight is 227 g/mol. The van der Waals surface area contributed by atoms with Crippen LogP contribution in [0.1, 0.15) is 26.5 Å². The zero-order chi connectivity index (χ0) is 12.1. The number of aliphatic hydroxyl groups is 1. The van der Waals surface area contributed by atoms with Crippen LogP contribution in [-0.4, -0.2) is 27.7 Å². The van der Waals surface area contributed by atoms with E-state index < -0.39 is 5.82 Å². The average Bonchev–Trinajstić information content (AvgIpc) is 2.27. The van der Waals surface area contributed by atoms with Crippen molar-refractivity contribution in [3.8, 4) is 0 Å². The molecule has 16 heavy (non-hydrogen) atoms. The molecule has 1 rings (SSSR count). The molecular weight excluding hydrogens is 209 g/mol. The van der Waals surface area contributed by atoms with E-state index in [1.807, 2.05) is 20.8 Å². The topological polar surface area (TPSA) is 58.0 Å². The van der Waals surface area contributed by atoms with Gasteiger partial charge >= 0.3 is 0 Å². The Morgan fingerprint density at radius 2 is 2.12 bits per heavy atom. The van der Waals surface area contributed by atoms with E-state index in [-0.39, 0.29) is 24.4 Å². The maximum absolute atomic E-state index is 13.8. The summed E-state index contributed by atoms with van der Waals surface area (Å²) in [4.78, 5) is 7.70. The van der Waals surface area contributed by atoms with E-state index in [4.69, 9.17) is 5.11 Å². The van der Waals surface area contributed by atoms with Gasteiger partial charge in [0.15, 0.2) is 11.6 Å². The van der Waals surface area contributed by atoms with Crippen LogP contribution in [0.2, 0.25) is 0 Å². The van der Waals surface area contributed by atoms with Crippen LogP contribution in [0.15, 0.2) is 6.33 Å². The van der Waals surface area contributed by atoms with E-state index in [9.17, 15) is 4.39 Å². The number of nitrogens with zero attached hydrogens (tertiary/aromatic N) is 2. The third-order valence-electron chi connectivity index (χ3n) is 2.52. The molecule has 1 heterocycles. The van der Waals surface area contributed by atoms with Gasteiger partial charge in [-0.3, -0.25) is 0 Å². The van der Waals surface area contributed by atoms with Crippen LogP contribution < -0.4 is 5.32 Å². The van der Waals surface area contributed by atoms with Gasteiger partial charge < -0.3 is 10.4 Å². The highest BCUT2D eigenvalue weighted by atomic mass is 19.1. The van der Waals surface area contributed by atoms with Crippen LogP contribution >= 0.6 is 0 Å². The number of aryl methyl sites for hydroxylation is 1. The molecule has 0 saturated heterocycles. The molecule has 0 unspecified atom stereocenters. The molecule has 1 aromatic rings. The Hall–Kier alpha value is -1.23. The van der Waals surface area contributed by atoms with Crippen molar-refractivity contribution in [1.82, 2.24) is 9.97 Å². The summed E-state index contributed by atoms with van der Waals surface area (Å²) in [6.07, 6.45) is 1.85. The summed E-state index contributed by atoms with van der Waals surface area (Å²) in [6, 6.07) is -0.200. The van der Waals surface area contributed by atoms with Gasteiger partial charge in [0.25, 0.3) is 0 Å². The summed E-state index contributed by atoms with van der Waals surface area (Å²) in [5.41, 5.74) is 0.387. The lowest BCUT2D eigenvalue weighted by atomic mass is 10.1. The standard InChI is InChI=1S/C11H18FN3O/c1-4-8-10(12)11(14-6-13-8)15-9(5-16)7(2)3/h6-7,9,16H,4-5H2,1-3H3,(H,13,14,15)/t9-/m1/s1. The first-order valence-electron chi connectivity index (χ1n) is 5.46. The van der Waals surface area contributed by atoms with E-state index in [1.54, 1.807) is 0 Å². The summed E-state index contributed by atoms with van der Waals surface area (Å²) in [5, 5.41) is 12.0. The minimum atomic E-state index is -0.427. The first kappa shape index (κ1) is 12.8. The second kappa shape index (κ2) is 5.75. The SMILES string of the molecule is CCc1ncnc(N[C@H](CO)C(C)C)c1F. The van der Waals surface area contributed by atoms with Gasteiger partial charge in [-0.25, -0.2) is 14.4 Å². The van der Waals surface area contributed by atoms with Crippen LogP contribution in [0.3, 0.4) is 0 Å². The van der Waals surface area contributed by atoms with Crippen LogP contribution in [0.5, 0.6) is 0 Å². The first-order chi connectivity index (χ1) is 7.60. The first-order valence-corrected chi connectivity index (χ1v) is 5.46. The minimum Gasteiger partial charge on any atom is -0.394 e. The number of anilines is 1. The van der Waals surface area contributed by atoms with E-state index in [1.165, 1.54) is 6.33 Å². The molecule has 5 heteroatoms. The summed E-state index contributed by atoms with van der Waals surface area (Å²) < 4.78 is 13.8. The zero-order valence-electron chi connectivity index (χ0n) is 9.87. The molecule has 0 aliphatic heterocycles. The van der Waals surface area contributed by atoms with Gasteiger partial charge in [0.2, 0.25) is 0 Å². The van der Waals surface area contributed by atoms with Crippen molar-refractivity contribution >= 4 is 5.82 Å². The fourth-order valence-corrected chi connectivity index (χ4v) is 1.35. The third-order valence-corrected chi connectivity index (χ3v) is 2.52. The molecule has 4 nitrogen and oxygen atoms in total. The van der Waals surface area contributed by atoms with Gasteiger partial charge in [-0.05, 0) is 12.3 Å². The van der Waals surface area contributed by atoms with Gasteiger partial charge in [0, 0.05) is 0 Å². The molecule has 0 aliphatic rings. The molecule has 0 bridgehead atoms. The Morgan fingerprint density at radius 3 is 2.62 bits per heavy atom. The fourth-order valence-electron chi connectivity index (χ4n) is 1.35. The Kier molecular flexibility index (Phi) is 4.61. The monoisotopic (exact) mass is 227 g/mol. The number of rotatable bonds is 5. The highest BCUT2D eigenvalue weighted by molar-refractivity contribution is 5.38.